The number of aryl methyl sites for hydroxylation is 2. The van der Waals surface area contributed by atoms with Crippen molar-refractivity contribution >= 4 is 38.9 Å². The van der Waals surface area contributed by atoms with Crippen molar-refractivity contribution < 1.29 is 0 Å². The zero-order valence-corrected chi connectivity index (χ0v) is 32.7. The second-order valence-corrected chi connectivity index (χ2v) is 15.1. The van der Waals surface area contributed by atoms with E-state index in [0.29, 0.717) is 0 Å². The molecule has 9 aromatic carbocycles. The van der Waals surface area contributed by atoms with Crippen LogP contribution in [-0.4, -0.2) is 4.57 Å². The Labute approximate surface area is 340 Å². The maximum atomic E-state index is 2.51. The van der Waals surface area contributed by atoms with Crippen molar-refractivity contribution in [3.63, 3.8) is 0 Å². The van der Waals surface area contributed by atoms with Gasteiger partial charge in [-0.25, -0.2) is 0 Å². The van der Waals surface area contributed by atoms with Crippen LogP contribution in [-0.2, 0) is 0 Å². The average Bonchev–Trinajstić information content (AvgIpc) is 3.62. The van der Waals surface area contributed by atoms with Crippen molar-refractivity contribution in [1.29, 1.82) is 0 Å². The van der Waals surface area contributed by atoms with Crippen LogP contribution >= 0.6 is 0 Å². The van der Waals surface area contributed by atoms with Gasteiger partial charge in [-0.3, -0.25) is 0 Å². The van der Waals surface area contributed by atoms with Gasteiger partial charge in [0, 0.05) is 33.3 Å². The van der Waals surface area contributed by atoms with Crippen molar-refractivity contribution in [2.45, 2.75) is 13.8 Å². The first-order valence-corrected chi connectivity index (χ1v) is 20.0. The third-order valence-electron chi connectivity index (χ3n) is 11.4. The number of anilines is 3. The Hall–Kier alpha value is -7.42. The van der Waals surface area contributed by atoms with Crippen LogP contribution in [0.1, 0.15) is 11.1 Å². The first-order chi connectivity index (χ1) is 28.6. The normalized spacial score (nSPS) is 11.3. The molecule has 2 nitrogen and oxygen atoms in total. The van der Waals surface area contributed by atoms with E-state index in [1.807, 2.05) is 0 Å². The fourth-order valence-electron chi connectivity index (χ4n) is 8.44. The van der Waals surface area contributed by atoms with Gasteiger partial charge in [0.1, 0.15) is 0 Å². The van der Waals surface area contributed by atoms with Crippen molar-refractivity contribution in [3.05, 3.63) is 230 Å². The van der Waals surface area contributed by atoms with Gasteiger partial charge in [-0.15, -0.1) is 0 Å². The molecule has 0 aliphatic heterocycles. The first kappa shape index (κ1) is 35.0. The molecule has 0 radical (unpaired) electrons. The highest BCUT2D eigenvalue weighted by molar-refractivity contribution is 6.17. The van der Waals surface area contributed by atoms with Crippen molar-refractivity contribution in [3.8, 4) is 50.2 Å². The zero-order chi connectivity index (χ0) is 39.0. The van der Waals surface area contributed by atoms with Crippen LogP contribution in [0.2, 0.25) is 0 Å². The minimum absolute atomic E-state index is 1.09. The monoisotopic (exact) mass is 742 g/mol. The topological polar surface area (TPSA) is 8.17 Å². The number of para-hydroxylation sites is 2. The predicted octanol–water partition coefficient (Wildman–Crippen LogP) is 15.5. The summed E-state index contributed by atoms with van der Waals surface area (Å²) in [5.74, 6) is 0. The first-order valence-electron chi connectivity index (χ1n) is 20.0. The molecule has 10 aromatic rings. The molecule has 0 atom stereocenters. The van der Waals surface area contributed by atoms with Crippen LogP contribution in [0.5, 0.6) is 0 Å². The molecular weight excluding hydrogens is 701 g/mol. The van der Waals surface area contributed by atoms with Gasteiger partial charge in [-0.05, 0) is 89.7 Å². The van der Waals surface area contributed by atoms with Crippen molar-refractivity contribution in [2.75, 3.05) is 4.90 Å². The van der Waals surface area contributed by atoms with Crippen LogP contribution in [0.3, 0.4) is 0 Å². The summed E-state index contributed by atoms with van der Waals surface area (Å²) in [6.07, 6.45) is 0. The van der Waals surface area contributed by atoms with Crippen LogP contribution in [0.15, 0.2) is 218 Å². The Bertz CT molecular complexity index is 2870. The maximum absolute atomic E-state index is 2.51. The highest BCUT2D eigenvalue weighted by atomic mass is 15.1. The highest BCUT2D eigenvalue weighted by Crippen LogP contribution is 2.47. The third kappa shape index (κ3) is 6.35. The summed E-state index contributed by atoms with van der Waals surface area (Å²) < 4.78 is 2.51. The van der Waals surface area contributed by atoms with E-state index in [2.05, 4.69) is 242 Å². The number of benzene rings is 9. The number of rotatable bonds is 8. The molecule has 276 valence electrons. The SMILES string of the molecule is Cc1ccc(-c2cccc(-c3ccc(C)cc3)c2-n2c3ccccc3c3c(N(c4ccc(-c5ccccc5)cc4)c4ccc(-c5ccccc5)cc4)cccc32)cc1. The summed E-state index contributed by atoms with van der Waals surface area (Å²) in [6, 6.07) is 79.5. The van der Waals surface area contributed by atoms with Crippen LogP contribution in [0, 0.1) is 13.8 Å². The van der Waals surface area contributed by atoms with Crippen molar-refractivity contribution in [1.82, 2.24) is 4.57 Å². The number of hydrogen-bond donors (Lipinski definition) is 0. The van der Waals surface area contributed by atoms with E-state index in [1.54, 1.807) is 0 Å². The molecule has 0 amide bonds. The molecule has 0 aliphatic rings. The zero-order valence-electron chi connectivity index (χ0n) is 32.7. The second-order valence-electron chi connectivity index (χ2n) is 15.1. The second kappa shape index (κ2) is 14.9. The molecular formula is C56H42N2. The van der Waals surface area contributed by atoms with E-state index in [9.17, 15) is 0 Å². The smallest absolute Gasteiger partial charge is 0.0618 e. The van der Waals surface area contributed by atoms with Gasteiger partial charge in [-0.2, -0.15) is 0 Å². The minimum atomic E-state index is 1.09. The summed E-state index contributed by atoms with van der Waals surface area (Å²) in [5, 5.41) is 2.40. The number of hydrogen-bond acceptors (Lipinski definition) is 1. The van der Waals surface area contributed by atoms with Crippen LogP contribution in [0.4, 0.5) is 17.1 Å². The van der Waals surface area contributed by atoms with Gasteiger partial charge in [0.05, 0.1) is 22.4 Å². The highest BCUT2D eigenvalue weighted by Gasteiger charge is 2.24. The Balaban J connectivity index is 1.24. The molecule has 58 heavy (non-hydrogen) atoms. The Morgan fingerprint density at radius 1 is 0.328 bits per heavy atom. The molecule has 2 heteroatoms. The predicted molar refractivity (Wildman–Crippen MR) is 247 cm³/mol. The van der Waals surface area contributed by atoms with E-state index >= 15 is 0 Å². The number of nitrogens with zero attached hydrogens (tertiary/aromatic N) is 2. The van der Waals surface area contributed by atoms with Gasteiger partial charge < -0.3 is 9.47 Å². The summed E-state index contributed by atoms with van der Waals surface area (Å²) in [6.45, 7) is 4.30. The lowest BCUT2D eigenvalue weighted by Gasteiger charge is -2.27. The molecule has 0 saturated carbocycles. The van der Waals surface area contributed by atoms with Gasteiger partial charge in [0.15, 0.2) is 0 Å². The molecule has 0 aliphatic carbocycles. The van der Waals surface area contributed by atoms with Gasteiger partial charge in [0.2, 0.25) is 0 Å². The third-order valence-corrected chi connectivity index (χ3v) is 11.4. The maximum Gasteiger partial charge on any atom is 0.0618 e. The molecule has 0 bridgehead atoms. The fourth-order valence-corrected chi connectivity index (χ4v) is 8.44. The summed E-state index contributed by atoms with van der Waals surface area (Å²) in [7, 11) is 0. The Morgan fingerprint density at radius 2 is 0.741 bits per heavy atom. The van der Waals surface area contributed by atoms with E-state index < -0.39 is 0 Å². The fraction of sp³-hybridized carbons (Fsp3) is 0.0357. The minimum Gasteiger partial charge on any atom is -0.310 e. The molecule has 0 fully saturated rings. The summed E-state index contributed by atoms with van der Waals surface area (Å²) in [5.41, 5.74) is 18.8. The van der Waals surface area contributed by atoms with E-state index in [0.717, 1.165) is 28.1 Å². The van der Waals surface area contributed by atoms with Crippen molar-refractivity contribution in [2.24, 2.45) is 0 Å². The van der Waals surface area contributed by atoms with E-state index in [-0.39, 0.29) is 0 Å². The average molecular weight is 743 g/mol. The van der Waals surface area contributed by atoms with Crippen LogP contribution in [0.25, 0.3) is 72.0 Å². The lowest BCUT2D eigenvalue weighted by atomic mass is 9.94. The standard InChI is InChI=1S/C56H42N2/c1-39-23-27-45(28-24-39)49-18-11-19-50(46-29-25-40(2)26-30-46)56(49)58-52-20-10-9-17-51(52)55-53(21-12-22-54(55)58)57(47-35-31-43(32-36-47)41-13-5-3-6-14-41)48-37-33-44(34-38-48)42-15-7-4-8-16-42/h3-38H,1-2H3. The number of fused-ring (bicyclic) bond motifs is 3. The molecule has 0 saturated heterocycles. The number of aromatic nitrogens is 1. The lowest BCUT2D eigenvalue weighted by Crippen LogP contribution is -2.10. The largest absolute Gasteiger partial charge is 0.310 e. The Morgan fingerprint density at radius 3 is 1.26 bits per heavy atom. The van der Waals surface area contributed by atoms with Gasteiger partial charge in [0.25, 0.3) is 0 Å². The van der Waals surface area contributed by atoms with Gasteiger partial charge >= 0.3 is 0 Å². The molecule has 0 N–H and O–H groups in total. The van der Waals surface area contributed by atoms with E-state index in [1.165, 1.54) is 72.1 Å². The molecule has 0 spiro atoms. The van der Waals surface area contributed by atoms with Gasteiger partial charge in [-0.1, -0.05) is 187 Å². The molecule has 1 aromatic heterocycles. The van der Waals surface area contributed by atoms with Crippen LogP contribution < -0.4 is 4.90 Å². The van der Waals surface area contributed by atoms with E-state index in [4.69, 9.17) is 0 Å². The quantitative estimate of drug-likeness (QED) is 0.150. The lowest BCUT2D eigenvalue weighted by molar-refractivity contribution is 1.18. The molecule has 10 rings (SSSR count). The Kier molecular flexibility index (Phi) is 9.01. The molecule has 0 unspecified atom stereocenters. The summed E-state index contributed by atoms with van der Waals surface area (Å²) >= 11 is 0. The molecule has 1 heterocycles. The summed E-state index contributed by atoms with van der Waals surface area (Å²) in [4.78, 5) is 2.43.